The van der Waals surface area contributed by atoms with Crippen molar-refractivity contribution in [2.24, 2.45) is 22.6 Å². The highest BCUT2D eigenvalue weighted by Crippen LogP contribution is 2.34. The topological polar surface area (TPSA) is 41.6 Å². The molecule has 1 saturated carbocycles. The van der Waals surface area contributed by atoms with Crippen LogP contribution in [0.2, 0.25) is 0 Å². The fraction of sp³-hybridized carbons (Fsp3) is 0.909. The minimum atomic E-state index is 0.768. The Labute approximate surface area is 86.4 Å². The van der Waals surface area contributed by atoms with Crippen LogP contribution in [0.3, 0.4) is 0 Å². The van der Waals surface area contributed by atoms with Crippen molar-refractivity contribution in [3.63, 3.8) is 0 Å². The smallest absolute Gasteiger partial charge is 0.191 e. The van der Waals surface area contributed by atoms with Crippen LogP contribution in [0.5, 0.6) is 0 Å². The lowest BCUT2D eigenvalue weighted by Crippen LogP contribution is -2.48. The van der Waals surface area contributed by atoms with Crippen LogP contribution in [0.25, 0.3) is 0 Å². The molecule has 3 heteroatoms. The van der Waals surface area contributed by atoms with Crippen LogP contribution in [0.1, 0.15) is 32.6 Å². The van der Waals surface area contributed by atoms with Gasteiger partial charge in [0.05, 0.1) is 0 Å². The van der Waals surface area contributed by atoms with E-state index in [1.165, 1.54) is 25.7 Å². The molecule has 0 aromatic rings. The first-order chi connectivity index (χ1) is 6.79. The lowest BCUT2D eigenvalue weighted by atomic mass is 9.78. The van der Waals surface area contributed by atoms with E-state index in [-0.39, 0.29) is 0 Å². The normalized spacial score (nSPS) is 33.2. The molecule has 2 fully saturated rings. The summed E-state index contributed by atoms with van der Waals surface area (Å²) < 4.78 is 0. The fourth-order valence-corrected chi connectivity index (χ4v) is 2.88. The van der Waals surface area contributed by atoms with Gasteiger partial charge < -0.3 is 10.6 Å². The Morgan fingerprint density at radius 1 is 1.36 bits per heavy atom. The molecule has 0 amide bonds. The van der Waals surface area contributed by atoms with Gasteiger partial charge in [-0.2, -0.15) is 0 Å². The number of hydrogen-bond acceptors (Lipinski definition) is 1. The molecule has 0 aromatic carbocycles. The first-order valence-corrected chi connectivity index (χ1v) is 5.84. The van der Waals surface area contributed by atoms with Crippen LogP contribution < -0.4 is 5.73 Å². The minimum absolute atomic E-state index is 0.768. The third-order valence-corrected chi connectivity index (χ3v) is 3.49. The van der Waals surface area contributed by atoms with Crippen molar-refractivity contribution in [2.45, 2.75) is 32.6 Å². The third-order valence-electron chi connectivity index (χ3n) is 3.49. The molecule has 80 valence electrons. The number of piperidine rings is 1. The van der Waals surface area contributed by atoms with E-state index in [0.29, 0.717) is 0 Å². The first-order valence-electron chi connectivity index (χ1n) is 5.84. The molecule has 2 N–H and O–H groups in total. The number of nitrogens with zero attached hydrogens (tertiary/aromatic N) is 2. The Kier molecular flexibility index (Phi) is 2.94. The Balaban J connectivity index is 1.98. The standard InChI is InChI=1S/C11H21N3/c1-2-13-11(12)14-7-9-4-3-5-10(6-9)8-14/h9-10H,2-8H2,1H3,(H2,12,13). The monoisotopic (exact) mass is 195 g/mol. The molecule has 1 aliphatic carbocycles. The summed E-state index contributed by atoms with van der Waals surface area (Å²) in [6, 6.07) is 0. The first kappa shape index (κ1) is 9.81. The van der Waals surface area contributed by atoms with Crippen LogP contribution >= 0.6 is 0 Å². The maximum Gasteiger partial charge on any atom is 0.191 e. The van der Waals surface area contributed by atoms with Gasteiger partial charge in [0.1, 0.15) is 0 Å². The van der Waals surface area contributed by atoms with Gasteiger partial charge in [0.15, 0.2) is 5.96 Å². The van der Waals surface area contributed by atoms with Crippen molar-refractivity contribution in [2.75, 3.05) is 19.6 Å². The van der Waals surface area contributed by atoms with Crippen molar-refractivity contribution < 1.29 is 0 Å². The molecule has 14 heavy (non-hydrogen) atoms. The van der Waals surface area contributed by atoms with Gasteiger partial charge in [0.25, 0.3) is 0 Å². The van der Waals surface area contributed by atoms with Crippen molar-refractivity contribution >= 4 is 5.96 Å². The molecule has 2 aliphatic rings. The predicted molar refractivity (Wildman–Crippen MR) is 59.2 cm³/mol. The number of fused-ring (bicyclic) bond motifs is 2. The summed E-state index contributed by atoms with van der Waals surface area (Å²) >= 11 is 0. The highest BCUT2D eigenvalue weighted by molar-refractivity contribution is 5.78. The number of nitrogens with two attached hydrogens (primary N) is 1. The minimum Gasteiger partial charge on any atom is -0.370 e. The van der Waals surface area contributed by atoms with Crippen molar-refractivity contribution in [1.82, 2.24) is 4.90 Å². The highest BCUT2D eigenvalue weighted by Gasteiger charge is 2.30. The van der Waals surface area contributed by atoms with Crippen molar-refractivity contribution in [3.8, 4) is 0 Å². The second-order valence-corrected chi connectivity index (χ2v) is 4.64. The molecule has 0 aromatic heterocycles. The number of likely N-dealkylation sites (tertiary alicyclic amines) is 1. The number of guanidine groups is 1. The van der Waals surface area contributed by atoms with Crippen LogP contribution in [0, 0.1) is 11.8 Å². The van der Waals surface area contributed by atoms with Gasteiger partial charge >= 0.3 is 0 Å². The van der Waals surface area contributed by atoms with Gasteiger partial charge in [0, 0.05) is 19.6 Å². The number of rotatable bonds is 1. The Morgan fingerprint density at radius 3 is 2.57 bits per heavy atom. The van der Waals surface area contributed by atoms with Crippen LogP contribution in [0.4, 0.5) is 0 Å². The molecule has 1 aliphatic heterocycles. The molecular formula is C11H21N3. The van der Waals surface area contributed by atoms with Gasteiger partial charge in [-0.15, -0.1) is 0 Å². The van der Waals surface area contributed by atoms with Gasteiger partial charge in [-0.25, -0.2) is 0 Å². The molecule has 2 atom stereocenters. The fourth-order valence-electron chi connectivity index (χ4n) is 2.88. The number of hydrogen-bond donors (Lipinski definition) is 1. The summed E-state index contributed by atoms with van der Waals surface area (Å²) in [5.41, 5.74) is 5.94. The predicted octanol–water partition coefficient (Wildman–Crippen LogP) is 1.44. The van der Waals surface area contributed by atoms with Gasteiger partial charge in [-0.05, 0) is 38.0 Å². The molecule has 0 spiro atoms. The molecule has 2 bridgehead atoms. The third kappa shape index (κ3) is 2.02. The van der Waals surface area contributed by atoms with E-state index in [1.807, 2.05) is 6.92 Å². The maximum atomic E-state index is 5.94. The molecule has 2 unspecified atom stereocenters. The molecule has 0 radical (unpaired) electrons. The van der Waals surface area contributed by atoms with Gasteiger partial charge in [0.2, 0.25) is 0 Å². The average molecular weight is 195 g/mol. The van der Waals surface area contributed by atoms with E-state index < -0.39 is 0 Å². The zero-order valence-electron chi connectivity index (χ0n) is 9.08. The Bertz CT molecular complexity index is 213. The van der Waals surface area contributed by atoms with Crippen LogP contribution in [-0.4, -0.2) is 30.5 Å². The maximum absolute atomic E-state index is 5.94. The quantitative estimate of drug-likeness (QED) is 0.508. The summed E-state index contributed by atoms with van der Waals surface area (Å²) in [5.74, 6) is 2.53. The van der Waals surface area contributed by atoms with E-state index in [0.717, 1.165) is 37.4 Å². The summed E-state index contributed by atoms with van der Waals surface area (Å²) in [5, 5.41) is 0. The largest absolute Gasteiger partial charge is 0.370 e. The van der Waals surface area contributed by atoms with E-state index in [1.54, 1.807) is 0 Å². The Hall–Kier alpha value is -0.730. The summed E-state index contributed by atoms with van der Waals surface area (Å²) in [6.45, 7) is 5.13. The van der Waals surface area contributed by atoms with E-state index >= 15 is 0 Å². The van der Waals surface area contributed by atoms with E-state index in [9.17, 15) is 0 Å². The SMILES string of the molecule is CCN=C(N)N1CC2CCCC(C2)C1. The average Bonchev–Trinajstić information content (AvgIpc) is 2.17. The van der Waals surface area contributed by atoms with E-state index in [4.69, 9.17) is 5.73 Å². The molecule has 3 nitrogen and oxygen atoms in total. The van der Waals surface area contributed by atoms with Crippen molar-refractivity contribution in [1.29, 1.82) is 0 Å². The van der Waals surface area contributed by atoms with Crippen LogP contribution in [0.15, 0.2) is 4.99 Å². The van der Waals surface area contributed by atoms with Gasteiger partial charge in [-0.1, -0.05) is 6.42 Å². The zero-order valence-corrected chi connectivity index (χ0v) is 9.08. The Morgan fingerprint density at radius 2 is 2.00 bits per heavy atom. The second kappa shape index (κ2) is 4.20. The molecule has 2 rings (SSSR count). The molecule has 1 heterocycles. The van der Waals surface area contributed by atoms with Gasteiger partial charge in [-0.3, -0.25) is 4.99 Å². The molecular weight excluding hydrogens is 174 g/mol. The van der Waals surface area contributed by atoms with Crippen LogP contribution in [-0.2, 0) is 0 Å². The highest BCUT2D eigenvalue weighted by atomic mass is 15.3. The number of aliphatic imine (C=N–C) groups is 1. The summed E-state index contributed by atoms with van der Waals surface area (Å²) in [4.78, 5) is 6.59. The molecule has 1 saturated heterocycles. The lowest BCUT2D eigenvalue weighted by Gasteiger charge is -2.41. The summed E-state index contributed by atoms with van der Waals surface area (Å²) in [7, 11) is 0. The summed E-state index contributed by atoms with van der Waals surface area (Å²) in [6.07, 6.45) is 5.64. The zero-order chi connectivity index (χ0) is 9.97. The van der Waals surface area contributed by atoms with Crippen molar-refractivity contribution in [3.05, 3.63) is 0 Å². The lowest BCUT2D eigenvalue weighted by molar-refractivity contribution is 0.135. The van der Waals surface area contributed by atoms with E-state index in [2.05, 4.69) is 9.89 Å². The second-order valence-electron chi connectivity index (χ2n) is 4.64.